The van der Waals surface area contributed by atoms with E-state index in [1.165, 1.54) is 0 Å². The monoisotopic (exact) mass is 266 g/mol. The molecule has 0 atom stereocenters. The van der Waals surface area contributed by atoms with Crippen LogP contribution in [0.1, 0.15) is 28.3 Å². The Morgan fingerprint density at radius 1 is 1.63 bits per heavy atom. The standard InChI is InChI=1S/C12H18N4O3/c1-8-5-9(19-11(8)12(18)15-13)6-16-4-2-3-14-10(17)7-16/h5H,2-4,6-7,13H2,1H3,(H,14,17)(H,15,18). The summed E-state index contributed by atoms with van der Waals surface area (Å²) in [4.78, 5) is 24.9. The van der Waals surface area contributed by atoms with Crippen molar-refractivity contribution in [2.75, 3.05) is 19.6 Å². The van der Waals surface area contributed by atoms with Crippen molar-refractivity contribution >= 4 is 11.8 Å². The molecule has 104 valence electrons. The Kier molecular flexibility index (Phi) is 4.18. The van der Waals surface area contributed by atoms with Gasteiger partial charge in [-0.05, 0) is 19.4 Å². The Labute approximate surface area is 111 Å². The summed E-state index contributed by atoms with van der Waals surface area (Å²) < 4.78 is 5.48. The van der Waals surface area contributed by atoms with E-state index in [0.29, 0.717) is 25.4 Å². The van der Waals surface area contributed by atoms with Gasteiger partial charge in [0, 0.05) is 18.7 Å². The summed E-state index contributed by atoms with van der Waals surface area (Å²) in [5.41, 5.74) is 2.78. The number of carbonyl (C=O) groups is 2. The van der Waals surface area contributed by atoms with Crippen LogP contribution >= 0.6 is 0 Å². The maximum Gasteiger partial charge on any atom is 0.301 e. The van der Waals surface area contributed by atoms with Crippen molar-refractivity contribution < 1.29 is 14.0 Å². The van der Waals surface area contributed by atoms with Gasteiger partial charge in [-0.2, -0.15) is 0 Å². The molecule has 7 nitrogen and oxygen atoms in total. The third kappa shape index (κ3) is 3.33. The maximum absolute atomic E-state index is 11.4. The summed E-state index contributed by atoms with van der Waals surface area (Å²) in [7, 11) is 0. The van der Waals surface area contributed by atoms with Gasteiger partial charge in [0.25, 0.3) is 0 Å². The van der Waals surface area contributed by atoms with Crippen LogP contribution in [0.5, 0.6) is 0 Å². The molecular weight excluding hydrogens is 248 g/mol. The topological polar surface area (TPSA) is 101 Å². The van der Waals surface area contributed by atoms with Gasteiger partial charge in [-0.1, -0.05) is 0 Å². The zero-order valence-electron chi connectivity index (χ0n) is 10.9. The number of hydrogen-bond donors (Lipinski definition) is 3. The number of amides is 2. The first-order chi connectivity index (χ1) is 9.10. The highest BCUT2D eigenvalue weighted by Crippen LogP contribution is 2.16. The number of hydrogen-bond acceptors (Lipinski definition) is 5. The Morgan fingerprint density at radius 2 is 2.42 bits per heavy atom. The number of nitrogens with two attached hydrogens (primary N) is 1. The van der Waals surface area contributed by atoms with Crippen LogP contribution in [0.2, 0.25) is 0 Å². The summed E-state index contributed by atoms with van der Waals surface area (Å²) in [6, 6.07) is 1.80. The molecule has 0 saturated carbocycles. The predicted molar refractivity (Wildman–Crippen MR) is 68.0 cm³/mol. The number of furan rings is 1. The first-order valence-corrected chi connectivity index (χ1v) is 6.19. The van der Waals surface area contributed by atoms with Gasteiger partial charge in [0.05, 0.1) is 13.1 Å². The van der Waals surface area contributed by atoms with Crippen molar-refractivity contribution in [3.05, 3.63) is 23.2 Å². The lowest BCUT2D eigenvalue weighted by atomic mass is 10.2. The fourth-order valence-corrected chi connectivity index (χ4v) is 2.14. The third-order valence-corrected chi connectivity index (χ3v) is 3.03. The number of hydrazine groups is 1. The van der Waals surface area contributed by atoms with E-state index in [4.69, 9.17) is 10.3 Å². The maximum atomic E-state index is 11.4. The molecule has 1 aromatic heterocycles. The smallest absolute Gasteiger partial charge is 0.301 e. The second-order valence-electron chi connectivity index (χ2n) is 4.61. The average molecular weight is 266 g/mol. The predicted octanol–water partition coefficient (Wildman–Crippen LogP) is -0.487. The second kappa shape index (κ2) is 5.85. The minimum Gasteiger partial charge on any atom is -0.454 e. The number of nitrogens with zero attached hydrogens (tertiary/aromatic N) is 1. The molecule has 0 spiro atoms. The molecule has 1 fully saturated rings. The number of rotatable bonds is 3. The highest BCUT2D eigenvalue weighted by molar-refractivity contribution is 5.92. The largest absolute Gasteiger partial charge is 0.454 e. The third-order valence-electron chi connectivity index (χ3n) is 3.03. The van der Waals surface area contributed by atoms with Gasteiger partial charge in [-0.25, -0.2) is 5.84 Å². The van der Waals surface area contributed by atoms with Crippen LogP contribution in [0.3, 0.4) is 0 Å². The van der Waals surface area contributed by atoms with Crippen molar-refractivity contribution in [2.45, 2.75) is 19.9 Å². The minimum absolute atomic E-state index is 0.0145. The summed E-state index contributed by atoms with van der Waals surface area (Å²) in [6.45, 7) is 4.15. The number of nitrogen functional groups attached to an aromatic ring is 1. The second-order valence-corrected chi connectivity index (χ2v) is 4.61. The normalized spacial score (nSPS) is 16.8. The van der Waals surface area contributed by atoms with Crippen molar-refractivity contribution in [2.24, 2.45) is 5.84 Å². The SMILES string of the molecule is Cc1cc(CN2CCCNC(=O)C2)oc1C(=O)NN. The van der Waals surface area contributed by atoms with E-state index in [0.717, 1.165) is 18.5 Å². The summed E-state index contributed by atoms with van der Waals surface area (Å²) >= 11 is 0. The molecule has 4 N–H and O–H groups in total. The number of carbonyl (C=O) groups excluding carboxylic acids is 2. The van der Waals surface area contributed by atoms with Crippen molar-refractivity contribution in [1.82, 2.24) is 15.6 Å². The summed E-state index contributed by atoms with van der Waals surface area (Å²) in [6.07, 6.45) is 0.904. The zero-order chi connectivity index (χ0) is 13.8. The first-order valence-electron chi connectivity index (χ1n) is 6.19. The molecule has 0 bridgehead atoms. The Balaban J connectivity index is 2.06. The van der Waals surface area contributed by atoms with Crippen LogP contribution < -0.4 is 16.6 Å². The lowest BCUT2D eigenvalue weighted by Gasteiger charge is -2.16. The van der Waals surface area contributed by atoms with Crippen LogP contribution in [0.15, 0.2) is 10.5 Å². The molecule has 0 aliphatic carbocycles. The van der Waals surface area contributed by atoms with Crippen LogP contribution in [-0.2, 0) is 11.3 Å². The Bertz CT molecular complexity index is 483. The molecule has 1 aliphatic rings. The van der Waals surface area contributed by atoms with Gasteiger partial charge in [-0.15, -0.1) is 0 Å². The van der Waals surface area contributed by atoms with Gasteiger partial charge >= 0.3 is 5.91 Å². The van der Waals surface area contributed by atoms with E-state index >= 15 is 0 Å². The first kappa shape index (κ1) is 13.6. The van der Waals surface area contributed by atoms with Crippen LogP contribution in [0.4, 0.5) is 0 Å². The van der Waals surface area contributed by atoms with Crippen LogP contribution in [0.25, 0.3) is 0 Å². The molecule has 7 heteroatoms. The highest BCUT2D eigenvalue weighted by atomic mass is 16.4. The lowest BCUT2D eigenvalue weighted by Crippen LogP contribution is -2.32. The Morgan fingerprint density at radius 3 is 3.16 bits per heavy atom. The molecule has 0 radical (unpaired) electrons. The fraction of sp³-hybridized carbons (Fsp3) is 0.500. The number of nitrogens with one attached hydrogen (secondary N) is 2. The van der Waals surface area contributed by atoms with E-state index in [2.05, 4.69) is 5.32 Å². The number of aryl methyl sites for hydroxylation is 1. The molecule has 1 saturated heterocycles. The van der Waals surface area contributed by atoms with Crippen molar-refractivity contribution in [3.8, 4) is 0 Å². The molecule has 1 aliphatic heterocycles. The molecule has 2 amide bonds. The van der Waals surface area contributed by atoms with Gasteiger partial charge in [0.2, 0.25) is 5.91 Å². The van der Waals surface area contributed by atoms with Crippen LogP contribution in [0, 0.1) is 6.92 Å². The summed E-state index contributed by atoms with van der Waals surface area (Å²) in [5.74, 6) is 5.53. The van der Waals surface area contributed by atoms with Gasteiger partial charge in [-0.3, -0.25) is 19.9 Å². The van der Waals surface area contributed by atoms with Crippen LogP contribution in [-0.4, -0.2) is 36.3 Å². The summed E-state index contributed by atoms with van der Waals surface area (Å²) in [5, 5.41) is 2.81. The van der Waals surface area contributed by atoms with E-state index in [9.17, 15) is 9.59 Å². The van der Waals surface area contributed by atoms with E-state index in [1.54, 1.807) is 13.0 Å². The molecule has 19 heavy (non-hydrogen) atoms. The van der Waals surface area contributed by atoms with E-state index < -0.39 is 5.91 Å². The lowest BCUT2D eigenvalue weighted by molar-refractivity contribution is -0.121. The van der Waals surface area contributed by atoms with Gasteiger partial charge in [0.15, 0.2) is 5.76 Å². The molecule has 1 aromatic rings. The molecule has 0 aromatic carbocycles. The highest BCUT2D eigenvalue weighted by Gasteiger charge is 2.19. The van der Waals surface area contributed by atoms with E-state index in [-0.39, 0.29) is 11.7 Å². The van der Waals surface area contributed by atoms with Crippen molar-refractivity contribution in [3.63, 3.8) is 0 Å². The van der Waals surface area contributed by atoms with Gasteiger partial charge in [0.1, 0.15) is 5.76 Å². The fourth-order valence-electron chi connectivity index (χ4n) is 2.14. The van der Waals surface area contributed by atoms with Crippen molar-refractivity contribution in [1.29, 1.82) is 0 Å². The molecular formula is C12H18N4O3. The molecule has 0 unspecified atom stereocenters. The average Bonchev–Trinajstić information content (AvgIpc) is 2.61. The molecule has 2 heterocycles. The van der Waals surface area contributed by atoms with E-state index in [1.807, 2.05) is 10.3 Å². The quantitative estimate of drug-likeness (QED) is 0.389. The molecule has 2 rings (SSSR count). The Hall–Kier alpha value is -1.86. The van der Waals surface area contributed by atoms with Gasteiger partial charge < -0.3 is 9.73 Å². The minimum atomic E-state index is -0.447. The zero-order valence-corrected chi connectivity index (χ0v) is 10.9.